The van der Waals surface area contributed by atoms with Gasteiger partial charge in [0.05, 0.1) is 18.0 Å². The van der Waals surface area contributed by atoms with E-state index >= 15 is 0 Å². The largest absolute Gasteiger partial charge is 0.393 e. The first-order valence-corrected chi connectivity index (χ1v) is 7.79. The molecular formula is C14H16F3N3S. The maximum absolute atomic E-state index is 12.5. The third kappa shape index (κ3) is 3.58. The van der Waals surface area contributed by atoms with Crippen molar-refractivity contribution in [3.63, 3.8) is 0 Å². The van der Waals surface area contributed by atoms with Gasteiger partial charge in [-0.15, -0.1) is 11.3 Å². The van der Waals surface area contributed by atoms with Crippen LogP contribution in [-0.2, 0) is 6.42 Å². The molecule has 1 aliphatic heterocycles. The first-order chi connectivity index (χ1) is 10.0. The smallest absolute Gasteiger partial charge is 0.352 e. The van der Waals surface area contributed by atoms with E-state index in [4.69, 9.17) is 0 Å². The molecule has 0 saturated heterocycles. The fourth-order valence-corrected chi connectivity index (χ4v) is 3.72. The van der Waals surface area contributed by atoms with E-state index in [2.05, 4.69) is 15.6 Å². The number of fused-ring (bicyclic) bond motifs is 1. The van der Waals surface area contributed by atoms with Crippen molar-refractivity contribution in [2.24, 2.45) is 4.99 Å². The van der Waals surface area contributed by atoms with E-state index in [1.54, 1.807) is 18.5 Å². The summed E-state index contributed by atoms with van der Waals surface area (Å²) in [5.41, 5.74) is 0.733. The maximum atomic E-state index is 12.5. The molecule has 0 amide bonds. The Kier molecular flexibility index (Phi) is 3.93. The normalized spacial score (nSPS) is 21.0. The van der Waals surface area contributed by atoms with Gasteiger partial charge in [-0.2, -0.15) is 13.2 Å². The summed E-state index contributed by atoms with van der Waals surface area (Å²) in [4.78, 5) is 4.99. The molecule has 0 unspecified atom stereocenters. The average Bonchev–Trinajstić information content (AvgIpc) is 2.97. The molecule has 21 heavy (non-hydrogen) atoms. The number of nitrogens with one attached hydrogen (secondary N) is 2. The van der Waals surface area contributed by atoms with E-state index in [0.29, 0.717) is 15.7 Å². The summed E-state index contributed by atoms with van der Waals surface area (Å²) in [7, 11) is 0. The standard InChI is InChI=1S/C14H16F3N3S/c15-14(16,17)8-10-7-11-12(20-9-3-1-2-4-9)18-5-6-19-13(11)21-10/h5-7,9,19H,1-4,8H2,(H,18,20). The van der Waals surface area contributed by atoms with Crippen LogP contribution >= 0.6 is 11.3 Å². The first-order valence-electron chi connectivity index (χ1n) is 6.97. The number of rotatable bonds is 2. The number of amidine groups is 1. The predicted octanol–water partition coefficient (Wildman–Crippen LogP) is 4.03. The first kappa shape index (κ1) is 14.4. The Morgan fingerprint density at radius 3 is 2.62 bits per heavy atom. The molecule has 0 aromatic carbocycles. The fraction of sp³-hybridized carbons (Fsp3) is 0.500. The summed E-state index contributed by atoms with van der Waals surface area (Å²) < 4.78 is 37.6. The Labute approximate surface area is 125 Å². The van der Waals surface area contributed by atoms with Crippen LogP contribution in [0.25, 0.3) is 0 Å². The van der Waals surface area contributed by atoms with Crippen molar-refractivity contribution in [1.82, 2.24) is 5.32 Å². The number of alkyl halides is 3. The van der Waals surface area contributed by atoms with Crippen molar-refractivity contribution < 1.29 is 13.2 Å². The molecule has 1 aromatic rings. The molecule has 114 valence electrons. The molecule has 0 bridgehead atoms. The zero-order valence-corrected chi connectivity index (χ0v) is 12.2. The van der Waals surface area contributed by atoms with Crippen LogP contribution in [0.3, 0.4) is 0 Å². The van der Waals surface area contributed by atoms with Gasteiger partial charge in [-0.05, 0) is 18.9 Å². The topological polar surface area (TPSA) is 36.4 Å². The Morgan fingerprint density at radius 2 is 1.90 bits per heavy atom. The summed E-state index contributed by atoms with van der Waals surface area (Å²) >= 11 is 1.13. The number of halogens is 3. The minimum Gasteiger partial charge on any atom is -0.352 e. The van der Waals surface area contributed by atoms with E-state index < -0.39 is 12.6 Å². The molecule has 1 fully saturated rings. The van der Waals surface area contributed by atoms with Crippen molar-refractivity contribution in [2.75, 3.05) is 5.32 Å². The fourth-order valence-electron chi connectivity index (χ4n) is 2.65. The summed E-state index contributed by atoms with van der Waals surface area (Å²) in [6.45, 7) is 0. The molecule has 2 heterocycles. The van der Waals surface area contributed by atoms with Crippen LogP contribution < -0.4 is 10.6 Å². The molecule has 1 aliphatic carbocycles. The summed E-state index contributed by atoms with van der Waals surface area (Å²) in [5, 5.41) is 6.80. The monoisotopic (exact) mass is 315 g/mol. The van der Waals surface area contributed by atoms with Crippen molar-refractivity contribution in [3.05, 3.63) is 28.9 Å². The van der Waals surface area contributed by atoms with E-state index in [-0.39, 0.29) is 6.04 Å². The van der Waals surface area contributed by atoms with Crippen LogP contribution in [0.15, 0.2) is 23.5 Å². The second-order valence-corrected chi connectivity index (χ2v) is 6.42. The molecule has 0 atom stereocenters. The third-order valence-electron chi connectivity index (χ3n) is 3.57. The Hall–Kier alpha value is -1.50. The molecule has 3 nitrogen and oxygen atoms in total. The van der Waals surface area contributed by atoms with Gasteiger partial charge in [-0.1, -0.05) is 12.8 Å². The van der Waals surface area contributed by atoms with Gasteiger partial charge in [0.2, 0.25) is 0 Å². The zero-order chi connectivity index (χ0) is 14.9. The highest BCUT2D eigenvalue weighted by molar-refractivity contribution is 7.16. The second kappa shape index (κ2) is 5.71. The number of aliphatic imine (C=N–C) groups is 1. The van der Waals surface area contributed by atoms with Gasteiger partial charge in [0, 0.05) is 17.3 Å². The van der Waals surface area contributed by atoms with Crippen molar-refractivity contribution in [3.8, 4) is 0 Å². The Balaban J connectivity index is 1.89. The molecule has 2 N–H and O–H groups in total. The highest BCUT2D eigenvalue weighted by Crippen LogP contribution is 2.34. The highest BCUT2D eigenvalue weighted by Gasteiger charge is 2.30. The lowest BCUT2D eigenvalue weighted by molar-refractivity contribution is -0.126. The quantitative estimate of drug-likeness (QED) is 0.864. The van der Waals surface area contributed by atoms with E-state index in [9.17, 15) is 13.2 Å². The van der Waals surface area contributed by atoms with Gasteiger partial charge in [-0.3, -0.25) is 4.99 Å². The van der Waals surface area contributed by atoms with Crippen molar-refractivity contribution >= 4 is 22.2 Å². The maximum Gasteiger partial charge on any atom is 0.393 e. The van der Waals surface area contributed by atoms with Crippen molar-refractivity contribution in [2.45, 2.75) is 44.3 Å². The minimum atomic E-state index is -4.18. The summed E-state index contributed by atoms with van der Waals surface area (Å²) in [6.07, 6.45) is 2.78. The van der Waals surface area contributed by atoms with Crippen LogP contribution in [0, 0.1) is 0 Å². The lowest BCUT2D eigenvalue weighted by Crippen LogP contribution is -2.20. The summed E-state index contributed by atoms with van der Waals surface area (Å²) in [5.74, 6) is 0.669. The summed E-state index contributed by atoms with van der Waals surface area (Å²) in [6, 6.07) is 1.87. The Bertz CT molecular complexity index is 569. The van der Waals surface area contributed by atoms with Gasteiger partial charge in [0.25, 0.3) is 0 Å². The SMILES string of the molecule is FC(F)(F)Cc1cc2c(s1)NC=CNC2=NC1CCCC1. The van der Waals surface area contributed by atoms with E-state index in [0.717, 1.165) is 29.7 Å². The van der Waals surface area contributed by atoms with Gasteiger partial charge in [0.15, 0.2) is 0 Å². The van der Waals surface area contributed by atoms with Crippen LogP contribution in [0.5, 0.6) is 0 Å². The van der Waals surface area contributed by atoms with Gasteiger partial charge < -0.3 is 10.6 Å². The van der Waals surface area contributed by atoms with E-state index in [1.165, 1.54) is 12.8 Å². The lowest BCUT2D eigenvalue weighted by Gasteiger charge is -2.08. The highest BCUT2D eigenvalue weighted by atomic mass is 32.1. The van der Waals surface area contributed by atoms with Crippen LogP contribution in [-0.4, -0.2) is 18.1 Å². The molecule has 1 saturated carbocycles. The number of thiophene rings is 1. The molecule has 7 heteroatoms. The number of hydrogen-bond donors (Lipinski definition) is 2. The van der Waals surface area contributed by atoms with E-state index in [1.807, 2.05) is 0 Å². The minimum absolute atomic E-state index is 0.276. The molecule has 1 aromatic heterocycles. The Morgan fingerprint density at radius 1 is 1.19 bits per heavy atom. The van der Waals surface area contributed by atoms with Gasteiger partial charge >= 0.3 is 6.18 Å². The zero-order valence-electron chi connectivity index (χ0n) is 11.3. The predicted molar refractivity (Wildman–Crippen MR) is 78.8 cm³/mol. The molecule has 3 rings (SSSR count). The molecule has 0 spiro atoms. The van der Waals surface area contributed by atoms with Crippen LogP contribution in [0.2, 0.25) is 0 Å². The molecule has 2 aliphatic rings. The second-order valence-electron chi connectivity index (χ2n) is 5.29. The van der Waals surface area contributed by atoms with Gasteiger partial charge in [0.1, 0.15) is 10.8 Å². The number of hydrogen-bond acceptors (Lipinski definition) is 3. The van der Waals surface area contributed by atoms with Crippen LogP contribution in [0.1, 0.15) is 36.1 Å². The van der Waals surface area contributed by atoms with Gasteiger partial charge in [-0.25, -0.2) is 0 Å². The third-order valence-corrected chi connectivity index (χ3v) is 4.63. The average molecular weight is 315 g/mol. The number of nitrogens with zero attached hydrogens (tertiary/aromatic N) is 1. The lowest BCUT2D eigenvalue weighted by atomic mass is 10.2. The molecular weight excluding hydrogens is 299 g/mol. The molecule has 0 radical (unpaired) electrons. The van der Waals surface area contributed by atoms with Crippen molar-refractivity contribution in [1.29, 1.82) is 0 Å². The van der Waals surface area contributed by atoms with Crippen LogP contribution in [0.4, 0.5) is 18.2 Å². The number of anilines is 1.